The number of aryl methyl sites for hydroxylation is 1. The minimum Gasteiger partial charge on any atom is -0.339 e. The maximum absolute atomic E-state index is 13.3. The van der Waals surface area contributed by atoms with Gasteiger partial charge in [0.15, 0.2) is 0 Å². The van der Waals surface area contributed by atoms with Crippen LogP contribution >= 0.6 is 12.4 Å². The molecule has 0 unspecified atom stereocenters. The number of benzene rings is 1. The number of carbonyl (C=O) groups is 1. The molecule has 0 radical (unpaired) electrons. The van der Waals surface area contributed by atoms with E-state index in [1.807, 2.05) is 11.9 Å². The van der Waals surface area contributed by atoms with E-state index in [0.717, 1.165) is 18.4 Å². The Balaban J connectivity index is 0.00000225. The maximum atomic E-state index is 13.3. The molecule has 3 heterocycles. The van der Waals surface area contributed by atoms with Crippen molar-refractivity contribution in [2.45, 2.75) is 25.8 Å². The van der Waals surface area contributed by atoms with E-state index in [4.69, 9.17) is 4.52 Å². The molecule has 1 aliphatic rings. The molecular weight excluding hydrogens is 383 g/mol. The topological polar surface area (TPSA) is 71.3 Å². The number of rotatable bonds is 3. The third kappa shape index (κ3) is 3.72. The zero-order valence-corrected chi connectivity index (χ0v) is 16.6. The van der Waals surface area contributed by atoms with Crippen LogP contribution < -0.4 is 5.32 Å². The molecule has 1 fully saturated rings. The van der Waals surface area contributed by atoms with Gasteiger partial charge in [0, 0.05) is 24.7 Å². The van der Waals surface area contributed by atoms with Gasteiger partial charge < -0.3 is 14.7 Å². The lowest BCUT2D eigenvalue weighted by molar-refractivity contribution is 0.0709. The Bertz CT molecular complexity index is 982. The largest absolute Gasteiger partial charge is 0.339 e. The number of fused-ring (bicyclic) bond motifs is 1. The number of pyridine rings is 1. The molecule has 3 aromatic rings. The molecule has 0 aliphatic carbocycles. The van der Waals surface area contributed by atoms with Crippen molar-refractivity contribution in [1.82, 2.24) is 20.4 Å². The van der Waals surface area contributed by atoms with Gasteiger partial charge in [-0.05, 0) is 57.1 Å². The number of amides is 1. The van der Waals surface area contributed by atoms with E-state index >= 15 is 0 Å². The highest BCUT2D eigenvalue weighted by Gasteiger charge is 2.26. The van der Waals surface area contributed by atoms with Gasteiger partial charge in [0.1, 0.15) is 5.82 Å². The van der Waals surface area contributed by atoms with Crippen molar-refractivity contribution in [3.63, 3.8) is 0 Å². The summed E-state index contributed by atoms with van der Waals surface area (Å²) in [5.74, 6) is -0.370. The highest BCUT2D eigenvalue weighted by molar-refractivity contribution is 6.07. The Morgan fingerprint density at radius 3 is 2.57 bits per heavy atom. The second kappa shape index (κ2) is 8.24. The van der Waals surface area contributed by atoms with Crippen LogP contribution in [-0.4, -0.2) is 47.1 Å². The van der Waals surface area contributed by atoms with E-state index in [0.29, 0.717) is 47.2 Å². The Hall–Kier alpha value is -2.51. The van der Waals surface area contributed by atoms with Crippen molar-refractivity contribution in [2.75, 3.05) is 20.1 Å². The van der Waals surface area contributed by atoms with Crippen molar-refractivity contribution >= 4 is 29.4 Å². The van der Waals surface area contributed by atoms with Crippen LogP contribution in [0.2, 0.25) is 0 Å². The molecule has 1 aliphatic heterocycles. The smallest absolute Gasteiger partial charge is 0.259 e. The first-order chi connectivity index (χ1) is 13.1. The average molecular weight is 405 g/mol. The summed E-state index contributed by atoms with van der Waals surface area (Å²) in [6, 6.07) is 8.22. The number of nitrogens with zero attached hydrogens (tertiary/aromatic N) is 3. The first-order valence-electron chi connectivity index (χ1n) is 9.06. The van der Waals surface area contributed by atoms with Crippen molar-refractivity contribution in [2.24, 2.45) is 0 Å². The van der Waals surface area contributed by atoms with Crippen LogP contribution in [0.5, 0.6) is 0 Å². The highest BCUT2D eigenvalue weighted by Crippen LogP contribution is 2.28. The van der Waals surface area contributed by atoms with Crippen molar-refractivity contribution in [3.8, 4) is 11.3 Å². The Kier molecular flexibility index (Phi) is 5.96. The van der Waals surface area contributed by atoms with Gasteiger partial charge in [0.2, 0.25) is 0 Å². The molecule has 0 atom stereocenters. The molecule has 1 saturated heterocycles. The van der Waals surface area contributed by atoms with E-state index in [-0.39, 0.29) is 24.1 Å². The van der Waals surface area contributed by atoms with Gasteiger partial charge in [-0.15, -0.1) is 12.4 Å². The minimum atomic E-state index is -0.320. The number of hydrogen-bond acceptors (Lipinski definition) is 5. The molecule has 28 heavy (non-hydrogen) atoms. The zero-order chi connectivity index (χ0) is 19.0. The number of piperidine rings is 1. The summed E-state index contributed by atoms with van der Waals surface area (Å²) in [4.78, 5) is 19.6. The summed E-state index contributed by atoms with van der Waals surface area (Å²) in [5.41, 5.74) is 2.77. The Labute approximate surface area is 168 Å². The molecule has 4 rings (SSSR count). The van der Waals surface area contributed by atoms with Crippen LogP contribution in [-0.2, 0) is 0 Å². The first kappa shape index (κ1) is 20.2. The molecule has 1 aromatic carbocycles. The molecule has 1 N–H and O–H groups in total. The summed E-state index contributed by atoms with van der Waals surface area (Å²) >= 11 is 0. The summed E-state index contributed by atoms with van der Waals surface area (Å²) in [5, 5.41) is 7.89. The van der Waals surface area contributed by atoms with Crippen LogP contribution in [0.4, 0.5) is 4.39 Å². The Morgan fingerprint density at radius 1 is 1.25 bits per heavy atom. The van der Waals surface area contributed by atoms with Gasteiger partial charge in [0.25, 0.3) is 11.6 Å². The van der Waals surface area contributed by atoms with Gasteiger partial charge in [0.05, 0.1) is 22.3 Å². The quantitative estimate of drug-likeness (QED) is 0.722. The van der Waals surface area contributed by atoms with Gasteiger partial charge in [-0.1, -0.05) is 5.16 Å². The van der Waals surface area contributed by atoms with Crippen molar-refractivity contribution < 1.29 is 13.7 Å². The van der Waals surface area contributed by atoms with Crippen LogP contribution in [0, 0.1) is 12.7 Å². The number of carbonyl (C=O) groups excluding carboxylic acids is 1. The van der Waals surface area contributed by atoms with E-state index in [1.54, 1.807) is 25.1 Å². The van der Waals surface area contributed by atoms with Crippen LogP contribution in [0.1, 0.15) is 28.9 Å². The predicted octanol–water partition coefficient (Wildman–Crippen LogP) is 3.58. The molecule has 2 aromatic heterocycles. The van der Waals surface area contributed by atoms with E-state index < -0.39 is 0 Å². The highest BCUT2D eigenvalue weighted by atomic mass is 35.5. The van der Waals surface area contributed by atoms with Gasteiger partial charge >= 0.3 is 0 Å². The SMILES string of the molecule is CNC1CCN(C(=O)c2cc(-c3ccc(F)cc3)nc3onc(C)c23)CC1.Cl. The lowest BCUT2D eigenvalue weighted by atomic mass is 10.0. The van der Waals surface area contributed by atoms with Gasteiger partial charge in [-0.2, -0.15) is 0 Å². The molecule has 0 spiro atoms. The molecule has 1 amide bonds. The van der Waals surface area contributed by atoms with Gasteiger partial charge in [-0.25, -0.2) is 9.37 Å². The molecule has 8 heteroatoms. The van der Waals surface area contributed by atoms with E-state index in [2.05, 4.69) is 15.5 Å². The molecule has 6 nitrogen and oxygen atoms in total. The maximum Gasteiger partial charge on any atom is 0.259 e. The lowest BCUT2D eigenvalue weighted by Gasteiger charge is -2.32. The lowest BCUT2D eigenvalue weighted by Crippen LogP contribution is -2.44. The third-order valence-corrected chi connectivity index (χ3v) is 5.18. The number of nitrogens with one attached hydrogen (secondary N) is 1. The summed E-state index contributed by atoms with van der Waals surface area (Å²) < 4.78 is 18.6. The van der Waals surface area contributed by atoms with Crippen molar-refractivity contribution in [3.05, 3.63) is 47.4 Å². The molecule has 0 saturated carbocycles. The van der Waals surface area contributed by atoms with E-state index in [1.165, 1.54) is 12.1 Å². The first-order valence-corrected chi connectivity index (χ1v) is 9.06. The second-order valence-corrected chi connectivity index (χ2v) is 6.87. The summed E-state index contributed by atoms with van der Waals surface area (Å²) in [7, 11) is 1.95. The summed E-state index contributed by atoms with van der Waals surface area (Å²) in [6.07, 6.45) is 1.84. The predicted molar refractivity (Wildman–Crippen MR) is 107 cm³/mol. The molecular formula is C20H22ClFN4O2. The fourth-order valence-corrected chi connectivity index (χ4v) is 3.57. The summed E-state index contributed by atoms with van der Waals surface area (Å²) in [6.45, 7) is 3.20. The molecule has 0 bridgehead atoms. The number of likely N-dealkylation sites (tertiary alicyclic amines) is 1. The molecule has 148 valence electrons. The third-order valence-electron chi connectivity index (χ3n) is 5.18. The second-order valence-electron chi connectivity index (χ2n) is 6.87. The number of hydrogen-bond donors (Lipinski definition) is 1. The van der Waals surface area contributed by atoms with Crippen LogP contribution in [0.3, 0.4) is 0 Å². The fraction of sp³-hybridized carbons (Fsp3) is 0.350. The van der Waals surface area contributed by atoms with E-state index in [9.17, 15) is 9.18 Å². The minimum absolute atomic E-state index is 0. The van der Waals surface area contributed by atoms with Crippen LogP contribution in [0.25, 0.3) is 22.4 Å². The van der Waals surface area contributed by atoms with Gasteiger partial charge in [-0.3, -0.25) is 4.79 Å². The van der Waals surface area contributed by atoms with Crippen LogP contribution in [0.15, 0.2) is 34.9 Å². The number of halogens is 2. The fourth-order valence-electron chi connectivity index (χ4n) is 3.57. The number of aromatic nitrogens is 2. The average Bonchev–Trinajstić information content (AvgIpc) is 3.08. The monoisotopic (exact) mass is 404 g/mol. The standard InChI is InChI=1S/C20H21FN4O2.ClH/c1-12-18-16(20(26)25-9-7-15(22-2)8-10-25)11-17(23-19(18)27-24-12)13-3-5-14(21)6-4-13;/h3-6,11,15,22H,7-10H2,1-2H3;1H. The Morgan fingerprint density at radius 2 is 1.93 bits per heavy atom. The van der Waals surface area contributed by atoms with Crippen molar-refractivity contribution in [1.29, 1.82) is 0 Å². The zero-order valence-electron chi connectivity index (χ0n) is 15.7. The normalized spacial score (nSPS) is 14.9.